The number of primary amides is 1. The summed E-state index contributed by atoms with van der Waals surface area (Å²) in [5, 5.41) is 2.79. The van der Waals surface area contributed by atoms with Gasteiger partial charge >= 0.3 is 0 Å². The number of anilines is 1. The van der Waals surface area contributed by atoms with Gasteiger partial charge in [0.15, 0.2) is 0 Å². The maximum atomic E-state index is 11.8. The summed E-state index contributed by atoms with van der Waals surface area (Å²) in [5.41, 5.74) is 12.0. The van der Waals surface area contributed by atoms with E-state index in [2.05, 4.69) is 5.32 Å². The zero-order valence-electron chi connectivity index (χ0n) is 12.0. The Morgan fingerprint density at radius 2 is 1.86 bits per heavy atom. The van der Waals surface area contributed by atoms with Gasteiger partial charge in [-0.05, 0) is 44.3 Å². The maximum Gasteiger partial charge on any atom is 0.231 e. The third kappa shape index (κ3) is 6.82. The highest BCUT2D eigenvalue weighted by Gasteiger charge is 2.06. The maximum absolute atomic E-state index is 11.8. The van der Waals surface area contributed by atoms with Crippen molar-refractivity contribution in [3.63, 3.8) is 0 Å². The number of benzene rings is 1. The Morgan fingerprint density at radius 1 is 1.24 bits per heavy atom. The van der Waals surface area contributed by atoms with Crippen LogP contribution >= 0.6 is 12.2 Å². The van der Waals surface area contributed by atoms with Gasteiger partial charge in [0.25, 0.3) is 0 Å². The summed E-state index contributed by atoms with van der Waals surface area (Å²) in [6, 6.07) is 7.04. The molecule has 5 N–H and O–H groups in total. The molecule has 0 heterocycles. The van der Waals surface area contributed by atoms with Gasteiger partial charge in [0.05, 0.1) is 6.54 Å². The lowest BCUT2D eigenvalue weighted by molar-refractivity contribution is -0.118. The Hall–Kier alpha value is -1.99. The summed E-state index contributed by atoms with van der Waals surface area (Å²) in [6.45, 7) is 0.832. The molecular formula is C14H20N4O2S. The highest BCUT2D eigenvalue weighted by atomic mass is 32.1. The molecule has 0 fully saturated rings. The highest BCUT2D eigenvalue weighted by molar-refractivity contribution is 7.80. The molecule has 0 spiro atoms. The summed E-state index contributed by atoms with van der Waals surface area (Å²) in [6.07, 6.45) is 1.03. The number of nitrogens with one attached hydrogen (secondary N) is 1. The van der Waals surface area contributed by atoms with Crippen LogP contribution in [0.15, 0.2) is 24.3 Å². The lowest BCUT2D eigenvalue weighted by Gasteiger charge is -2.13. The fraction of sp³-hybridized carbons (Fsp3) is 0.357. The third-order valence-corrected chi connectivity index (χ3v) is 3.06. The fourth-order valence-corrected chi connectivity index (χ4v) is 1.93. The van der Waals surface area contributed by atoms with Crippen molar-refractivity contribution in [2.75, 3.05) is 25.5 Å². The van der Waals surface area contributed by atoms with Crippen LogP contribution in [0.2, 0.25) is 0 Å². The predicted molar refractivity (Wildman–Crippen MR) is 86.9 cm³/mol. The number of nitrogens with zero attached hydrogens (tertiary/aromatic N) is 1. The Kier molecular flexibility index (Phi) is 6.77. The van der Waals surface area contributed by atoms with Gasteiger partial charge in [-0.3, -0.25) is 14.5 Å². The van der Waals surface area contributed by atoms with E-state index < -0.39 is 0 Å². The molecule has 0 atom stereocenters. The van der Waals surface area contributed by atoms with Crippen molar-refractivity contribution in [1.29, 1.82) is 0 Å². The second-order valence-electron chi connectivity index (χ2n) is 4.80. The van der Waals surface area contributed by atoms with E-state index in [4.69, 9.17) is 23.7 Å². The molecule has 7 heteroatoms. The van der Waals surface area contributed by atoms with E-state index >= 15 is 0 Å². The van der Waals surface area contributed by atoms with Crippen LogP contribution in [0, 0.1) is 0 Å². The minimum Gasteiger partial charge on any atom is -0.389 e. The van der Waals surface area contributed by atoms with E-state index in [1.165, 1.54) is 0 Å². The van der Waals surface area contributed by atoms with Crippen LogP contribution in [0.3, 0.4) is 0 Å². The van der Waals surface area contributed by atoms with Crippen molar-refractivity contribution in [2.45, 2.75) is 12.8 Å². The average Bonchev–Trinajstić information content (AvgIpc) is 2.38. The molecule has 114 valence electrons. The third-order valence-electron chi connectivity index (χ3n) is 2.82. The minimum absolute atomic E-state index is 0.0782. The van der Waals surface area contributed by atoms with Crippen molar-refractivity contribution in [3.05, 3.63) is 29.8 Å². The van der Waals surface area contributed by atoms with Crippen molar-refractivity contribution in [2.24, 2.45) is 11.5 Å². The number of carbonyl (C=O) groups is 2. The second-order valence-corrected chi connectivity index (χ2v) is 5.24. The predicted octanol–water partition coefficient (Wildman–Crippen LogP) is 0.457. The molecule has 0 saturated carbocycles. The Labute approximate surface area is 129 Å². The monoisotopic (exact) mass is 308 g/mol. The molecule has 0 aliphatic carbocycles. The molecule has 2 amide bonds. The van der Waals surface area contributed by atoms with E-state index in [0.717, 1.165) is 5.56 Å². The van der Waals surface area contributed by atoms with E-state index in [1.54, 1.807) is 36.2 Å². The molecule has 1 rings (SSSR count). The first-order valence-corrected chi connectivity index (χ1v) is 6.96. The molecule has 1 aromatic rings. The summed E-state index contributed by atoms with van der Waals surface area (Å²) < 4.78 is 0. The smallest absolute Gasteiger partial charge is 0.231 e. The topological polar surface area (TPSA) is 101 Å². The van der Waals surface area contributed by atoms with Crippen molar-refractivity contribution >= 4 is 34.7 Å². The van der Waals surface area contributed by atoms with Gasteiger partial charge in [0.1, 0.15) is 4.99 Å². The summed E-state index contributed by atoms with van der Waals surface area (Å²) in [7, 11) is 1.79. The van der Waals surface area contributed by atoms with Gasteiger partial charge in [0, 0.05) is 17.7 Å². The zero-order chi connectivity index (χ0) is 15.8. The van der Waals surface area contributed by atoms with Crippen LogP contribution in [0.4, 0.5) is 5.69 Å². The van der Waals surface area contributed by atoms with Gasteiger partial charge in [-0.15, -0.1) is 0 Å². The SMILES string of the molecule is CN(CCCC(=O)Nc1ccc(C(N)=S)cc1)CC(N)=O. The highest BCUT2D eigenvalue weighted by Crippen LogP contribution is 2.10. The number of rotatable bonds is 8. The summed E-state index contributed by atoms with van der Waals surface area (Å²) in [4.78, 5) is 24.6. The van der Waals surface area contributed by atoms with Crippen LogP contribution in [-0.2, 0) is 9.59 Å². The normalized spacial score (nSPS) is 10.4. The molecule has 21 heavy (non-hydrogen) atoms. The van der Waals surface area contributed by atoms with Gasteiger partial charge in [-0.1, -0.05) is 12.2 Å². The quantitative estimate of drug-likeness (QED) is 0.606. The van der Waals surface area contributed by atoms with Crippen LogP contribution in [-0.4, -0.2) is 41.8 Å². The molecule has 0 radical (unpaired) electrons. The summed E-state index contributed by atoms with van der Waals surface area (Å²) in [5.74, 6) is -0.453. The Bertz CT molecular complexity index is 516. The fourth-order valence-electron chi connectivity index (χ4n) is 1.80. The molecule has 0 aliphatic heterocycles. The average molecular weight is 308 g/mol. The first-order chi connectivity index (χ1) is 9.88. The minimum atomic E-state index is -0.375. The van der Waals surface area contributed by atoms with Crippen LogP contribution < -0.4 is 16.8 Å². The summed E-state index contributed by atoms with van der Waals surface area (Å²) >= 11 is 4.86. The number of hydrogen-bond acceptors (Lipinski definition) is 4. The molecule has 0 saturated heterocycles. The number of carbonyl (C=O) groups excluding carboxylic acids is 2. The van der Waals surface area contributed by atoms with Crippen LogP contribution in [0.1, 0.15) is 18.4 Å². The molecule has 0 bridgehead atoms. The molecule has 1 aromatic carbocycles. The molecule has 0 aliphatic rings. The number of nitrogens with two attached hydrogens (primary N) is 2. The molecular weight excluding hydrogens is 288 g/mol. The van der Waals surface area contributed by atoms with Crippen molar-refractivity contribution in [1.82, 2.24) is 4.90 Å². The van der Waals surface area contributed by atoms with E-state index in [-0.39, 0.29) is 18.4 Å². The van der Waals surface area contributed by atoms with E-state index in [0.29, 0.717) is 30.1 Å². The zero-order valence-corrected chi connectivity index (χ0v) is 12.8. The van der Waals surface area contributed by atoms with Gasteiger partial charge < -0.3 is 16.8 Å². The van der Waals surface area contributed by atoms with Gasteiger partial charge in [-0.2, -0.15) is 0 Å². The van der Waals surface area contributed by atoms with E-state index in [9.17, 15) is 9.59 Å². The lowest BCUT2D eigenvalue weighted by atomic mass is 10.2. The molecule has 0 unspecified atom stereocenters. The Morgan fingerprint density at radius 3 is 2.38 bits per heavy atom. The number of amides is 2. The first kappa shape index (κ1) is 17.1. The number of thiocarbonyl (C=S) groups is 1. The first-order valence-electron chi connectivity index (χ1n) is 6.55. The lowest BCUT2D eigenvalue weighted by Crippen LogP contribution is -2.31. The standard InChI is InChI=1S/C14H20N4O2S/c1-18(9-12(15)19)8-2-3-13(20)17-11-6-4-10(5-7-11)14(16)21/h4-7H,2-3,8-9H2,1H3,(H2,15,19)(H2,16,21)(H,17,20). The van der Waals surface area contributed by atoms with Gasteiger partial charge in [0.2, 0.25) is 11.8 Å². The van der Waals surface area contributed by atoms with Crippen molar-refractivity contribution < 1.29 is 9.59 Å². The van der Waals surface area contributed by atoms with Crippen molar-refractivity contribution in [3.8, 4) is 0 Å². The number of likely N-dealkylation sites (N-methyl/N-ethyl adjacent to an activating group) is 1. The van der Waals surface area contributed by atoms with Crippen LogP contribution in [0.5, 0.6) is 0 Å². The Balaban J connectivity index is 2.33. The number of hydrogen-bond donors (Lipinski definition) is 3. The largest absolute Gasteiger partial charge is 0.389 e. The second kappa shape index (κ2) is 8.33. The van der Waals surface area contributed by atoms with E-state index in [1.807, 2.05) is 0 Å². The molecule has 0 aromatic heterocycles. The molecule has 6 nitrogen and oxygen atoms in total. The van der Waals surface area contributed by atoms with Gasteiger partial charge in [-0.25, -0.2) is 0 Å². The van der Waals surface area contributed by atoms with Crippen LogP contribution in [0.25, 0.3) is 0 Å².